The summed E-state index contributed by atoms with van der Waals surface area (Å²) >= 11 is 0. The molecule has 0 aliphatic heterocycles. The molecule has 0 aromatic rings. The lowest BCUT2D eigenvalue weighted by atomic mass is 10.1. The van der Waals surface area contributed by atoms with Gasteiger partial charge in [0.2, 0.25) is 5.78 Å². The van der Waals surface area contributed by atoms with E-state index in [1.54, 1.807) is 0 Å². The van der Waals surface area contributed by atoms with Crippen molar-refractivity contribution in [1.82, 2.24) is 0 Å². The molecule has 0 amide bonds. The summed E-state index contributed by atoms with van der Waals surface area (Å²) in [5, 5.41) is 3.21. The third-order valence-electron chi connectivity index (χ3n) is 1.54. The van der Waals surface area contributed by atoms with Gasteiger partial charge in [0.15, 0.2) is 0 Å². The Labute approximate surface area is 78.7 Å². The van der Waals surface area contributed by atoms with Crippen molar-refractivity contribution in [3.63, 3.8) is 0 Å². The molecule has 0 spiro atoms. The first-order valence-electron chi connectivity index (χ1n) is 4.09. The van der Waals surface area contributed by atoms with Crippen LogP contribution in [0.3, 0.4) is 0 Å². The van der Waals surface area contributed by atoms with Gasteiger partial charge in [0.1, 0.15) is 0 Å². The maximum atomic E-state index is 11.7. The Morgan fingerprint density at radius 2 is 1.93 bits per heavy atom. The van der Waals surface area contributed by atoms with Crippen LogP contribution in [0.1, 0.15) is 25.7 Å². The molecule has 0 radical (unpaired) electrons. The van der Waals surface area contributed by atoms with Crippen LogP contribution in [0.25, 0.3) is 10.4 Å². The van der Waals surface area contributed by atoms with Crippen LogP contribution in [0, 0.1) is 0 Å². The van der Waals surface area contributed by atoms with E-state index in [0.717, 1.165) is 0 Å². The molecule has 0 aromatic carbocycles. The number of ketones is 1. The number of halogens is 3. The zero-order valence-electron chi connectivity index (χ0n) is 7.42. The number of azide groups is 1. The van der Waals surface area contributed by atoms with Gasteiger partial charge < -0.3 is 0 Å². The minimum Gasteiger partial charge on any atom is -0.290 e. The van der Waals surface area contributed by atoms with Gasteiger partial charge in [-0.05, 0) is 18.4 Å². The van der Waals surface area contributed by atoms with E-state index in [9.17, 15) is 18.0 Å². The van der Waals surface area contributed by atoms with Gasteiger partial charge >= 0.3 is 6.18 Å². The van der Waals surface area contributed by atoms with Gasteiger partial charge in [-0.1, -0.05) is 11.5 Å². The largest absolute Gasteiger partial charge is 0.449 e. The molecule has 4 nitrogen and oxygen atoms in total. The Bertz CT molecular complexity index is 233. The molecule has 0 atom stereocenters. The predicted molar refractivity (Wildman–Crippen MR) is 43.5 cm³/mol. The van der Waals surface area contributed by atoms with E-state index in [1.165, 1.54) is 0 Å². The van der Waals surface area contributed by atoms with Crippen molar-refractivity contribution in [2.24, 2.45) is 5.11 Å². The van der Waals surface area contributed by atoms with Crippen LogP contribution in [0.2, 0.25) is 0 Å². The molecule has 0 bridgehead atoms. The number of hydrogen-bond donors (Lipinski definition) is 0. The number of nitrogens with zero attached hydrogens (tertiary/aromatic N) is 3. The van der Waals surface area contributed by atoms with E-state index in [0.29, 0.717) is 12.8 Å². The Kier molecular flexibility index (Phi) is 5.71. The maximum Gasteiger partial charge on any atom is 0.449 e. The highest BCUT2D eigenvalue weighted by molar-refractivity contribution is 5.83. The highest BCUT2D eigenvalue weighted by Gasteiger charge is 2.36. The third kappa shape index (κ3) is 6.30. The summed E-state index contributed by atoms with van der Waals surface area (Å²) in [6.45, 7) is 0.261. The summed E-state index contributed by atoms with van der Waals surface area (Å²) in [4.78, 5) is 12.8. The van der Waals surface area contributed by atoms with Gasteiger partial charge in [-0.15, -0.1) is 0 Å². The summed E-state index contributed by atoms with van der Waals surface area (Å²) in [5.41, 5.74) is 7.87. The smallest absolute Gasteiger partial charge is 0.290 e. The molecule has 0 aliphatic rings. The second-order valence-electron chi connectivity index (χ2n) is 2.69. The Morgan fingerprint density at radius 1 is 1.29 bits per heavy atom. The Hall–Kier alpha value is -1.23. The summed E-state index contributed by atoms with van der Waals surface area (Å²) < 4.78 is 35.0. The molecule has 0 saturated carbocycles. The molecule has 0 N–H and O–H groups in total. The van der Waals surface area contributed by atoms with Crippen molar-refractivity contribution in [3.05, 3.63) is 10.4 Å². The average molecular weight is 209 g/mol. The Balaban J connectivity index is 3.46. The molecule has 14 heavy (non-hydrogen) atoms. The first kappa shape index (κ1) is 12.8. The molecule has 0 aliphatic carbocycles. The molecule has 0 fully saturated rings. The van der Waals surface area contributed by atoms with Crippen LogP contribution < -0.4 is 0 Å². The molecule has 0 saturated heterocycles. The number of carbonyl (C=O) groups is 1. The van der Waals surface area contributed by atoms with E-state index >= 15 is 0 Å². The minimum atomic E-state index is -4.72. The van der Waals surface area contributed by atoms with Crippen molar-refractivity contribution < 1.29 is 18.0 Å². The van der Waals surface area contributed by atoms with E-state index in [1.807, 2.05) is 0 Å². The van der Waals surface area contributed by atoms with Crippen molar-refractivity contribution in [3.8, 4) is 0 Å². The lowest BCUT2D eigenvalue weighted by Gasteiger charge is -2.03. The standard InChI is InChI=1S/C7H10F3N3O/c8-7(9,10)6(14)4-2-1-3-5-12-13-11/h1-5H2. The number of unbranched alkanes of at least 4 members (excludes halogenated alkanes) is 2. The van der Waals surface area contributed by atoms with Crippen molar-refractivity contribution in [1.29, 1.82) is 0 Å². The fourth-order valence-corrected chi connectivity index (χ4v) is 0.831. The first-order chi connectivity index (χ1) is 6.48. The van der Waals surface area contributed by atoms with E-state index in [4.69, 9.17) is 5.53 Å². The summed E-state index contributed by atoms with van der Waals surface area (Å²) in [5.74, 6) is -1.69. The second kappa shape index (κ2) is 6.26. The van der Waals surface area contributed by atoms with Gasteiger partial charge in [0.25, 0.3) is 0 Å². The monoisotopic (exact) mass is 209 g/mol. The van der Waals surface area contributed by atoms with Gasteiger partial charge in [0, 0.05) is 17.9 Å². The van der Waals surface area contributed by atoms with Crippen LogP contribution in [-0.2, 0) is 4.79 Å². The molecular formula is C7H10F3N3O. The van der Waals surface area contributed by atoms with E-state index in [-0.39, 0.29) is 13.0 Å². The molecular weight excluding hydrogens is 199 g/mol. The van der Waals surface area contributed by atoms with E-state index in [2.05, 4.69) is 10.0 Å². The number of Topliss-reactive ketones (excluding diaryl/α,β-unsaturated/α-hetero) is 1. The average Bonchev–Trinajstić information content (AvgIpc) is 2.09. The topological polar surface area (TPSA) is 65.8 Å². The molecule has 0 aromatic heterocycles. The molecule has 0 heterocycles. The van der Waals surface area contributed by atoms with Crippen LogP contribution in [0.15, 0.2) is 5.11 Å². The van der Waals surface area contributed by atoms with E-state index < -0.39 is 18.4 Å². The lowest BCUT2D eigenvalue weighted by Crippen LogP contribution is -2.22. The van der Waals surface area contributed by atoms with Crippen molar-refractivity contribution in [2.45, 2.75) is 31.9 Å². The van der Waals surface area contributed by atoms with Gasteiger partial charge in [0.05, 0.1) is 0 Å². The molecule has 0 unspecified atom stereocenters. The highest BCUT2D eigenvalue weighted by Crippen LogP contribution is 2.19. The summed E-state index contributed by atoms with van der Waals surface area (Å²) in [6, 6.07) is 0. The third-order valence-corrected chi connectivity index (χ3v) is 1.54. The maximum absolute atomic E-state index is 11.7. The van der Waals surface area contributed by atoms with Crippen molar-refractivity contribution in [2.75, 3.05) is 6.54 Å². The minimum absolute atomic E-state index is 0.180. The fourth-order valence-electron chi connectivity index (χ4n) is 0.831. The predicted octanol–water partition coefficient (Wildman–Crippen LogP) is 2.99. The van der Waals surface area contributed by atoms with Crippen LogP contribution in [-0.4, -0.2) is 18.5 Å². The molecule has 80 valence electrons. The molecule has 7 heteroatoms. The number of alkyl halides is 3. The highest BCUT2D eigenvalue weighted by atomic mass is 19.4. The SMILES string of the molecule is [N-]=[N+]=NCCCCCC(=O)C(F)(F)F. The zero-order chi connectivity index (χ0) is 11.0. The van der Waals surface area contributed by atoms with Crippen molar-refractivity contribution >= 4 is 5.78 Å². The zero-order valence-corrected chi connectivity index (χ0v) is 7.42. The van der Waals surface area contributed by atoms with Gasteiger partial charge in [-0.3, -0.25) is 4.79 Å². The number of rotatable bonds is 6. The number of hydrogen-bond acceptors (Lipinski definition) is 2. The van der Waals surface area contributed by atoms with Crippen LogP contribution >= 0.6 is 0 Å². The van der Waals surface area contributed by atoms with Crippen LogP contribution in [0.5, 0.6) is 0 Å². The lowest BCUT2D eigenvalue weighted by molar-refractivity contribution is -0.171. The normalized spacial score (nSPS) is 10.8. The number of carbonyl (C=O) groups excluding carboxylic acids is 1. The Morgan fingerprint density at radius 3 is 2.43 bits per heavy atom. The second-order valence-corrected chi connectivity index (χ2v) is 2.69. The van der Waals surface area contributed by atoms with Gasteiger partial charge in [-0.2, -0.15) is 13.2 Å². The quantitative estimate of drug-likeness (QED) is 0.287. The summed E-state index contributed by atoms with van der Waals surface area (Å²) in [7, 11) is 0. The molecule has 0 rings (SSSR count). The fraction of sp³-hybridized carbons (Fsp3) is 0.857. The van der Waals surface area contributed by atoms with Gasteiger partial charge in [-0.25, -0.2) is 0 Å². The van der Waals surface area contributed by atoms with Crippen LogP contribution in [0.4, 0.5) is 13.2 Å². The first-order valence-corrected chi connectivity index (χ1v) is 4.09. The summed E-state index contributed by atoms with van der Waals surface area (Å²) in [6.07, 6.45) is -4.06.